The molecule has 1 aromatic carbocycles. The van der Waals surface area contributed by atoms with Gasteiger partial charge in [-0.3, -0.25) is 0 Å². The Bertz CT molecular complexity index is 563. The fourth-order valence-electron chi connectivity index (χ4n) is 1.80. The molecule has 0 spiro atoms. The van der Waals surface area contributed by atoms with E-state index in [1.54, 1.807) is 11.3 Å². The molecule has 0 aliphatic rings. The van der Waals surface area contributed by atoms with E-state index < -0.39 is 0 Å². The summed E-state index contributed by atoms with van der Waals surface area (Å²) in [6.07, 6.45) is 1.93. The van der Waals surface area contributed by atoms with E-state index in [9.17, 15) is 0 Å². The van der Waals surface area contributed by atoms with Crippen molar-refractivity contribution in [3.05, 3.63) is 45.4 Å². The summed E-state index contributed by atoms with van der Waals surface area (Å²) in [6, 6.07) is 6.75. The van der Waals surface area contributed by atoms with E-state index in [4.69, 9.17) is 4.74 Å². The molecule has 0 amide bonds. The smallest absolute Gasteiger partial charge is 0.140 e. The van der Waals surface area contributed by atoms with Crippen molar-refractivity contribution in [3.8, 4) is 5.75 Å². The Hall–Kier alpha value is -1.39. The molecule has 20 heavy (non-hydrogen) atoms. The van der Waals surface area contributed by atoms with Crippen LogP contribution in [0.4, 0.5) is 0 Å². The Labute approximate surface area is 125 Å². The summed E-state index contributed by atoms with van der Waals surface area (Å²) in [5.41, 5.74) is 2.38. The highest BCUT2D eigenvalue weighted by Gasteiger charge is 2.05. The lowest BCUT2D eigenvalue weighted by atomic mass is 10.1. The molecule has 1 heterocycles. The molecule has 0 bridgehead atoms. The van der Waals surface area contributed by atoms with Crippen molar-refractivity contribution in [3.63, 3.8) is 0 Å². The van der Waals surface area contributed by atoms with Gasteiger partial charge in [0.15, 0.2) is 0 Å². The summed E-state index contributed by atoms with van der Waals surface area (Å²) in [6.45, 7) is 9.84. The number of aromatic nitrogens is 1. The summed E-state index contributed by atoms with van der Waals surface area (Å²) < 4.78 is 5.87. The molecule has 0 aliphatic carbocycles. The minimum atomic E-state index is 0.492. The average molecular weight is 290 g/mol. The van der Waals surface area contributed by atoms with Crippen molar-refractivity contribution in [2.75, 3.05) is 0 Å². The molecule has 3 nitrogen and oxygen atoms in total. The van der Waals surface area contributed by atoms with Crippen LogP contribution in [0.3, 0.4) is 0 Å². The molecule has 4 heteroatoms. The summed E-state index contributed by atoms with van der Waals surface area (Å²) in [5.74, 6) is 0.946. The van der Waals surface area contributed by atoms with Gasteiger partial charge in [-0.15, -0.1) is 11.3 Å². The summed E-state index contributed by atoms with van der Waals surface area (Å²) in [4.78, 5) is 5.66. The third-order valence-corrected chi connectivity index (χ3v) is 3.95. The zero-order chi connectivity index (χ0) is 14.5. The van der Waals surface area contributed by atoms with Crippen LogP contribution in [0.15, 0.2) is 24.4 Å². The van der Waals surface area contributed by atoms with Gasteiger partial charge in [-0.25, -0.2) is 4.98 Å². The van der Waals surface area contributed by atoms with Crippen molar-refractivity contribution >= 4 is 11.3 Å². The summed E-state index contributed by atoms with van der Waals surface area (Å²) in [7, 11) is 0. The van der Waals surface area contributed by atoms with Crippen LogP contribution in [0, 0.1) is 13.8 Å². The first-order valence-electron chi connectivity index (χ1n) is 6.91. The molecule has 0 aliphatic heterocycles. The molecule has 0 atom stereocenters. The highest BCUT2D eigenvalue weighted by Crippen LogP contribution is 2.21. The number of hydrogen-bond donors (Lipinski definition) is 1. The van der Waals surface area contributed by atoms with Gasteiger partial charge in [-0.05, 0) is 31.0 Å². The summed E-state index contributed by atoms with van der Waals surface area (Å²) >= 11 is 1.71. The van der Waals surface area contributed by atoms with Crippen LogP contribution in [-0.4, -0.2) is 11.0 Å². The van der Waals surface area contributed by atoms with Gasteiger partial charge in [-0.1, -0.05) is 26.0 Å². The molecule has 0 unspecified atom stereocenters. The standard InChI is InChI=1S/C16H22N2OS/c1-11(2)17-8-14-9-18-16(20-14)10-19-15-7-12(3)5-6-13(15)4/h5-7,9,11,17H,8,10H2,1-4H3. The van der Waals surface area contributed by atoms with Crippen molar-refractivity contribution in [1.82, 2.24) is 10.3 Å². The molecule has 1 aromatic heterocycles. The molecule has 2 rings (SSSR count). The molecule has 0 saturated heterocycles. The summed E-state index contributed by atoms with van der Waals surface area (Å²) in [5, 5.41) is 4.41. The quantitative estimate of drug-likeness (QED) is 0.877. The van der Waals surface area contributed by atoms with Gasteiger partial charge in [0.05, 0.1) is 0 Å². The first-order chi connectivity index (χ1) is 9.54. The second-order valence-electron chi connectivity index (χ2n) is 5.31. The molecule has 2 aromatic rings. The van der Waals surface area contributed by atoms with E-state index in [0.717, 1.165) is 22.9 Å². The van der Waals surface area contributed by atoms with Gasteiger partial charge in [0.25, 0.3) is 0 Å². The van der Waals surface area contributed by atoms with E-state index in [1.807, 2.05) is 6.20 Å². The lowest BCUT2D eigenvalue weighted by Gasteiger charge is -2.08. The molecular formula is C16H22N2OS. The van der Waals surface area contributed by atoms with Crippen molar-refractivity contribution in [2.45, 2.75) is 46.9 Å². The van der Waals surface area contributed by atoms with Crippen LogP contribution >= 0.6 is 11.3 Å². The minimum Gasteiger partial charge on any atom is -0.486 e. The number of thiazole rings is 1. The van der Waals surface area contributed by atoms with Gasteiger partial charge >= 0.3 is 0 Å². The molecule has 1 N–H and O–H groups in total. The maximum Gasteiger partial charge on any atom is 0.140 e. The normalized spacial score (nSPS) is 11.1. The first kappa shape index (κ1) is 15.0. The maximum atomic E-state index is 5.87. The van der Waals surface area contributed by atoms with E-state index in [-0.39, 0.29) is 0 Å². The Morgan fingerprint density at radius 2 is 2.10 bits per heavy atom. The zero-order valence-electron chi connectivity index (χ0n) is 12.6. The third kappa shape index (κ3) is 4.32. The predicted octanol–water partition coefficient (Wildman–Crippen LogP) is 3.84. The van der Waals surface area contributed by atoms with Crippen LogP contribution in [0.2, 0.25) is 0 Å². The lowest BCUT2D eigenvalue weighted by Crippen LogP contribution is -2.21. The van der Waals surface area contributed by atoms with E-state index in [1.165, 1.54) is 10.4 Å². The Kier molecular flexibility index (Phi) is 5.15. The highest BCUT2D eigenvalue weighted by atomic mass is 32.1. The highest BCUT2D eigenvalue weighted by molar-refractivity contribution is 7.11. The van der Waals surface area contributed by atoms with Gasteiger partial charge in [0.1, 0.15) is 17.4 Å². The molecule has 108 valence electrons. The molecule has 0 fully saturated rings. The molecule has 0 saturated carbocycles. The van der Waals surface area contributed by atoms with Crippen LogP contribution in [0.5, 0.6) is 5.75 Å². The molecule has 0 radical (unpaired) electrons. The van der Waals surface area contributed by atoms with Crippen LogP contribution in [-0.2, 0) is 13.2 Å². The SMILES string of the molecule is Cc1ccc(C)c(OCc2ncc(CNC(C)C)s2)c1. The van der Waals surface area contributed by atoms with Gasteiger partial charge < -0.3 is 10.1 Å². The second-order valence-corrected chi connectivity index (χ2v) is 6.51. The van der Waals surface area contributed by atoms with Crippen molar-refractivity contribution in [2.24, 2.45) is 0 Å². The zero-order valence-corrected chi connectivity index (χ0v) is 13.4. The van der Waals surface area contributed by atoms with Gasteiger partial charge in [0, 0.05) is 23.7 Å². The van der Waals surface area contributed by atoms with E-state index >= 15 is 0 Å². The fraction of sp³-hybridized carbons (Fsp3) is 0.438. The fourth-order valence-corrected chi connectivity index (χ4v) is 2.59. The average Bonchev–Trinajstić information content (AvgIpc) is 2.85. The van der Waals surface area contributed by atoms with E-state index in [0.29, 0.717) is 12.6 Å². The Balaban J connectivity index is 1.92. The number of nitrogens with one attached hydrogen (secondary N) is 1. The van der Waals surface area contributed by atoms with Gasteiger partial charge in [0.2, 0.25) is 0 Å². The number of ether oxygens (including phenoxy) is 1. The number of rotatable bonds is 6. The Morgan fingerprint density at radius 3 is 2.85 bits per heavy atom. The number of nitrogens with zero attached hydrogens (tertiary/aromatic N) is 1. The Morgan fingerprint density at radius 1 is 1.30 bits per heavy atom. The first-order valence-corrected chi connectivity index (χ1v) is 7.73. The van der Waals surface area contributed by atoms with Gasteiger partial charge in [-0.2, -0.15) is 0 Å². The largest absolute Gasteiger partial charge is 0.486 e. The predicted molar refractivity (Wildman–Crippen MR) is 84.3 cm³/mol. The lowest BCUT2D eigenvalue weighted by molar-refractivity contribution is 0.303. The second kappa shape index (κ2) is 6.86. The van der Waals surface area contributed by atoms with E-state index in [2.05, 4.69) is 56.2 Å². The number of benzene rings is 1. The monoisotopic (exact) mass is 290 g/mol. The topological polar surface area (TPSA) is 34.1 Å². The van der Waals surface area contributed by atoms with Crippen LogP contribution in [0.1, 0.15) is 34.9 Å². The minimum absolute atomic E-state index is 0.492. The molecular weight excluding hydrogens is 268 g/mol. The number of aryl methyl sites for hydroxylation is 2. The number of hydrogen-bond acceptors (Lipinski definition) is 4. The third-order valence-electron chi connectivity index (χ3n) is 2.98. The van der Waals surface area contributed by atoms with Crippen molar-refractivity contribution < 1.29 is 4.74 Å². The van der Waals surface area contributed by atoms with Crippen molar-refractivity contribution in [1.29, 1.82) is 0 Å². The van der Waals surface area contributed by atoms with Crippen LogP contribution < -0.4 is 10.1 Å². The maximum absolute atomic E-state index is 5.87. The van der Waals surface area contributed by atoms with Crippen LogP contribution in [0.25, 0.3) is 0 Å².